The molecule has 5 heteroatoms. The largest absolute Gasteiger partial charge is 0.351 e. The van der Waals surface area contributed by atoms with Crippen molar-refractivity contribution < 1.29 is 0 Å². The highest BCUT2D eigenvalue weighted by Gasteiger charge is 2.28. The number of nitrogens with zero attached hydrogens (tertiary/aromatic N) is 2. The number of aromatic nitrogens is 1. The van der Waals surface area contributed by atoms with Gasteiger partial charge in [-0.2, -0.15) is 0 Å². The summed E-state index contributed by atoms with van der Waals surface area (Å²) in [5.74, 6) is 1.58. The van der Waals surface area contributed by atoms with Crippen molar-refractivity contribution in [3.05, 3.63) is 22.3 Å². The SMILES string of the molecule is CCC1CCN(c2ncc(Cl)cc2Cl)C(CN)C1. The lowest BCUT2D eigenvalue weighted by atomic mass is 9.89. The second kappa shape index (κ2) is 6.09. The normalized spacial score (nSPS) is 24.3. The Labute approximate surface area is 118 Å². The van der Waals surface area contributed by atoms with E-state index >= 15 is 0 Å². The van der Waals surface area contributed by atoms with E-state index in [0.29, 0.717) is 22.6 Å². The molecule has 3 nitrogen and oxygen atoms in total. The first-order valence-corrected chi connectivity index (χ1v) is 7.19. The minimum absolute atomic E-state index is 0.329. The fourth-order valence-electron chi connectivity index (χ4n) is 2.63. The predicted octanol–water partition coefficient (Wildman–Crippen LogP) is 3.34. The third-order valence-corrected chi connectivity index (χ3v) is 4.22. The zero-order valence-electron chi connectivity index (χ0n) is 10.6. The Kier molecular flexibility index (Phi) is 4.71. The van der Waals surface area contributed by atoms with Crippen molar-refractivity contribution in [1.29, 1.82) is 0 Å². The highest BCUT2D eigenvalue weighted by molar-refractivity contribution is 6.36. The van der Waals surface area contributed by atoms with E-state index in [1.165, 1.54) is 12.8 Å². The number of hydrogen-bond acceptors (Lipinski definition) is 3. The maximum Gasteiger partial charge on any atom is 0.147 e. The molecule has 18 heavy (non-hydrogen) atoms. The summed E-state index contributed by atoms with van der Waals surface area (Å²) in [6, 6.07) is 2.07. The summed E-state index contributed by atoms with van der Waals surface area (Å²) in [4.78, 5) is 6.58. The van der Waals surface area contributed by atoms with Gasteiger partial charge in [-0.25, -0.2) is 4.98 Å². The van der Waals surface area contributed by atoms with Crippen LogP contribution in [-0.4, -0.2) is 24.1 Å². The third-order valence-electron chi connectivity index (χ3n) is 3.73. The molecule has 1 aromatic heterocycles. The van der Waals surface area contributed by atoms with Gasteiger partial charge in [-0.1, -0.05) is 36.5 Å². The van der Waals surface area contributed by atoms with Crippen LogP contribution in [-0.2, 0) is 0 Å². The number of piperidine rings is 1. The average molecular weight is 288 g/mol. The summed E-state index contributed by atoms with van der Waals surface area (Å²) in [6.07, 6.45) is 5.15. The van der Waals surface area contributed by atoms with Crippen LogP contribution in [0, 0.1) is 5.92 Å². The van der Waals surface area contributed by atoms with Gasteiger partial charge < -0.3 is 10.6 Å². The Hall–Kier alpha value is -0.510. The molecule has 1 aliphatic heterocycles. The first-order valence-electron chi connectivity index (χ1n) is 6.43. The number of nitrogens with two attached hydrogens (primary N) is 1. The van der Waals surface area contributed by atoms with Crippen molar-refractivity contribution in [2.24, 2.45) is 11.7 Å². The summed E-state index contributed by atoms with van der Waals surface area (Å²) in [6.45, 7) is 3.84. The van der Waals surface area contributed by atoms with E-state index in [1.54, 1.807) is 12.3 Å². The molecular weight excluding hydrogens is 269 g/mol. The van der Waals surface area contributed by atoms with Gasteiger partial charge in [-0.3, -0.25) is 0 Å². The Morgan fingerprint density at radius 1 is 1.50 bits per heavy atom. The maximum atomic E-state index is 6.23. The number of pyridine rings is 1. The van der Waals surface area contributed by atoms with Gasteiger partial charge in [0.15, 0.2) is 0 Å². The molecule has 100 valence electrons. The Morgan fingerprint density at radius 2 is 2.28 bits per heavy atom. The van der Waals surface area contributed by atoms with Gasteiger partial charge in [-0.05, 0) is 24.8 Å². The van der Waals surface area contributed by atoms with Crippen LogP contribution in [0.4, 0.5) is 5.82 Å². The van der Waals surface area contributed by atoms with Crippen molar-refractivity contribution in [3.8, 4) is 0 Å². The molecular formula is C13H19Cl2N3. The summed E-state index contributed by atoms with van der Waals surface area (Å²) >= 11 is 12.1. The van der Waals surface area contributed by atoms with Crippen molar-refractivity contribution in [2.75, 3.05) is 18.0 Å². The zero-order chi connectivity index (χ0) is 13.1. The lowest BCUT2D eigenvalue weighted by Gasteiger charge is -2.40. The van der Waals surface area contributed by atoms with Gasteiger partial charge in [0.2, 0.25) is 0 Å². The van der Waals surface area contributed by atoms with Crippen molar-refractivity contribution in [2.45, 2.75) is 32.2 Å². The molecule has 1 aliphatic rings. The van der Waals surface area contributed by atoms with E-state index in [0.717, 1.165) is 24.7 Å². The van der Waals surface area contributed by atoms with Gasteiger partial charge in [0.25, 0.3) is 0 Å². The van der Waals surface area contributed by atoms with Crippen molar-refractivity contribution in [3.63, 3.8) is 0 Å². The Balaban J connectivity index is 2.21. The fourth-order valence-corrected chi connectivity index (χ4v) is 3.11. The van der Waals surface area contributed by atoms with Crippen LogP contribution in [0.1, 0.15) is 26.2 Å². The fraction of sp³-hybridized carbons (Fsp3) is 0.615. The Morgan fingerprint density at radius 3 is 2.89 bits per heavy atom. The number of hydrogen-bond donors (Lipinski definition) is 1. The molecule has 2 atom stereocenters. The standard InChI is InChI=1S/C13H19Cl2N3/c1-2-9-3-4-18(11(5-9)7-16)13-12(15)6-10(14)8-17-13/h6,8-9,11H,2-5,7,16H2,1H3. The van der Waals surface area contributed by atoms with Crippen LogP contribution in [0.3, 0.4) is 0 Å². The molecule has 0 aromatic carbocycles. The molecule has 1 aromatic rings. The molecule has 2 rings (SSSR count). The van der Waals surface area contributed by atoms with E-state index in [1.807, 2.05) is 0 Å². The van der Waals surface area contributed by atoms with Gasteiger partial charge in [-0.15, -0.1) is 0 Å². The van der Waals surface area contributed by atoms with Crippen LogP contribution in [0.15, 0.2) is 12.3 Å². The smallest absolute Gasteiger partial charge is 0.147 e. The zero-order valence-corrected chi connectivity index (χ0v) is 12.1. The molecule has 0 amide bonds. The monoisotopic (exact) mass is 287 g/mol. The summed E-state index contributed by atoms with van der Waals surface area (Å²) in [5, 5.41) is 1.17. The molecule has 1 saturated heterocycles. The molecule has 0 radical (unpaired) electrons. The maximum absolute atomic E-state index is 6.23. The average Bonchev–Trinajstić information content (AvgIpc) is 2.38. The molecule has 0 spiro atoms. The quantitative estimate of drug-likeness (QED) is 0.927. The van der Waals surface area contributed by atoms with Crippen LogP contribution in [0.2, 0.25) is 10.0 Å². The van der Waals surface area contributed by atoms with E-state index in [9.17, 15) is 0 Å². The van der Waals surface area contributed by atoms with Gasteiger partial charge in [0.05, 0.1) is 10.0 Å². The van der Waals surface area contributed by atoms with Crippen LogP contribution in [0.5, 0.6) is 0 Å². The van der Waals surface area contributed by atoms with E-state index in [2.05, 4.69) is 16.8 Å². The van der Waals surface area contributed by atoms with E-state index in [-0.39, 0.29) is 0 Å². The summed E-state index contributed by atoms with van der Waals surface area (Å²) in [7, 11) is 0. The predicted molar refractivity (Wildman–Crippen MR) is 77.5 cm³/mol. The van der Waals surface area contributed by atoms with Crippen LogP contribution < -0.4 is 10.6 Å². The number of rotatable bonds is 3. The molecule has 2 N–H and O–H groups in total. The summed E-state index contributed by atoms with van der Waals surface area (Å²) in [5.41, 5.74) is 5.89. The third kappa shape index (κ3) is 2.90. The highest BCUT2D eigenvalue weighted by Crippen LogP contribution is 2.33. The van der Waals surface area contributed by atoms with Gasteiger partial charge >= 0.3 is 0 Å². The lowest BCUT2D eigenvalue weighted by Crippen LogP contribution is -2.47. The molecule has 2 unspecified atom stereocenters. The lowest BCUT2D eigenvalue weighted by molar-refractivity contribution is 0.334. The number of anilines is 1. The molecule has 0 aliphatic carbocycles. The molecule has 0 bridgehead atoms. The molecule has 0 saturated carbocycles. The highest BCUT2D eigenvalue weighted by atomic mass is 35.5. The van der Waals surface area contributed by atoms with Crippen LogP contribution in [0.25, 0.3) is 0 Å². The molecule has 2 heterocycles. The second-order valence-electron chi connectivity index (χ2n) is 4.84. The van der Waals surface area contributed by atoms with Gasteiger partial charge in [0, 0.05) is 25.3 Å². The van der Waals surface area contributed by atoms with Crippen LogP contribution >= 0.6 is 23.2 Å². The first-order chi connectivity index (χ1) is 8.65. The second-order valence-corrected chi connectivity index (χ2v) is 5.68. The van der Waals surface area contributed by atoms with Crippen molar-refractivity contribution in [1.82, 2.24) is 4.98 Å². The molecule has 1 fully saturated rings. The van der Waals surface area contributed by atoms with Gasteiger partial charge in [0.1, 0.15) is 5.82 Å². The number of halogens is 2. The minimum Gasteiger partial charge on any atom is -0.351 e. The topological polar surface area (TPSA) is 42.2 Å². The summed E-state index contributed by atoms with van der Waals surface area (Å²) < 4.78 is 0. The Bertz CT molecular complexity index is 411. The van der Waals surface area contributed by atoms with E-state index < -0.39 is 0 Å². The minimum atomic E-state index is 0.329. The van der Waals surface area contributed by atoms with Crippen molar-refractivity contribution >= 4 is 29.0 Å². The first kappa shape index (κ1) is 13.9. The van der Waals surface area contributed by atoms with E-state index in [4.69, 9.17) is 28.9 Å².